The van der Waals surface area contributed by atoms with Crippen LogP contribution >= 0.6 is 23.2 Å². The molecule has 1 aromatic carbocycles. The summed E-state index contributed by atoms with van der Waals surface area (Å²) in [6, 6.07) is 5.17. The van der Waals surface area contributed by atoms with Crippen LogP contribution in [0.4, 0.5) is 4.39 Å². The number of hydrogen-bond acceptors (Lipinski definition) is 1. The number of benzene rings is 1. The molecule has 0 aromatic heterocycles. The van der Waals surface area contributed by atoms with Gasteiger partial charge in [0.05, 0.1) is 10.0 Å². The van der Waals surface area contributed by atoms with Gasteiger partial charge in [-0.1, -0.05) is 35.3 Å². The molecule has 1 rings (SSSR count). The van der Waals surface area contributed by atoms with Crippen LogP contribution in [0, 0.1) is 0 Å². The summed E-state index contributed by atoms with van der Waals surface area (Å²) >= 11 is 11.7. The van der Waals surface area contributed by atoms with Crippen molar-refractivity contribution in [3.05, 3.63) is 33.8 Å². The first kappa shape index (κ1) is 11.8. The Bertz CT molecular complexity index is 326. The Morgan fingerprint density at radius 1 is 1.43 bits per heavy atom. The minimum Gasteiger partial charge on any atom is -0.328 e. The van der Waals surface area contributed by atoms with Gasteiger partial charge in [-0.2, -0.15) is 0 Å². The van der Waals surface area contributed by atoms with Gasteiger partial charge in [0, 0.05) is 13.0 Å². The molecule has 0 fully saturated rings. The highest BCUT2D eigenvalue weighted by Crippen LogP contribution is 2.29. The van der Waals surface area contributed by atoms with Crippen molar-refractivity contribution < 1.29 is 4.39 Å². The summed E-state index contributed by atoms with van der Waals surface area (Å²) in [5.41, 5.74) is 4.54. The molecule has 0 amide bonds. The zero-order chi connectivity index (χ0) is 10.8. The van der Waals surface area contributed by atoms with Gasteiger partial charge in [-0.05, 0) is 18.6 Å². The number of hydrogen-bond donors (Lipinski definition) is 1. The van der Waals surface area contributed by atoms with Crippen LogP contribution in [-0.2, 0) is 6.42 Å². The molecule has 0 aliphatic rings. The average molecular weight is 236 g/mol. The van der Waals surface area contributed by atoms with Gasteiger partial charge in [0.2, 0.25) is 0 Å². The van der Waals surface area contributed by atoms with E-state index in [9.17, 15) is 4.39 Å². The fourth-order valence-electron chi connectivity index (χ4n) is 1.15. The zero-order valence-electron chi connectivity index (χ0n) is 7.86. The maximum absolute atomic E-state index is 13.6. The van der Waals surface area contributed by atoms with E-state index < -0.39 is 5.67 Å². The molecule has 0 aliphatic carbocycles. The highest BCUT2D eigenvalue weighted by atomic mass is 35.5. The molecule has 78 valence electrons. The second-order valence-corrected chi connectivity index (χ2v) is 4.29. The first-order chi connectivity index (χ1) is 6.46. The molecule has 0 bridgehead atoms. The van der Waals surface area contributed by atoms with Crippen LogP contribution in [0.15, 0.2) is 18.2 Å². The molecule has 0 spiro atoms. The van der Waals surface area contributed by atoms with Gasteiger partial charge in [-0.15, -0.1) is 0 Å². The van der Waals surface area contributed by atoms with Gasteiger partial charge in [-0.3, -0.25) is 0 Å². The van der Waals surface area contributed by atoms with E-state index in [0.717, 1.165) is 0 Å². The Hall–Kier alpha value is -0.310. The summed E-state index contributed by atoms with van der Waals surface area (Å²) < 4.78 is 13.6. The fraction of sp³-hybridized carbons (Fsp3) is 0.400. The van der Waals surface area contributed by atoms with Crippen LogP contribution < -0.4 is 5.73 Å². The second-order valence-electron chi connectivity index (χ2n) is 3.51. The van der Waals surface area contributed by atoms with E-state index in [0.29, 0.717) is 15.6 Å². The normalized spacial score (nSPS) is 15.2. The van der Waals surface area contributed by atoms with Gasteiger partial charge < -0.3 is 5.73 Å². The van der Waals surface area contributed by atoms with E-state index in [1.54, 1.807) is 18.2 Å². The first-order valence-corrected chi connectivity index (χ1v) is 5.04. The highest BCUT2D eigenvalue weighted by Gasteiger charge is 2.23. The first-order valence-electron chi connectivity index (χ1n) is 4.28. The summed E-state index contributed by atoms with van der Waals surface area (Å²) in [6.07, 6.45) is 0.183. The smallest absolute Gasteiger partial charge is 0.124 e. The van der Waals surface area contributed by atoms with Crippen LogP contribution in [-0.4, -0.2) is 12.2 Å². The van der Waals surface area contributed by atoms with Crippen molar-refractivity contribution in [2.75, 3.05) is 6.54 Å². The Kier molecular flexibility index (Phi) is 3.76. The average Bonchev–Trinajstić information content (AvgIpc) is 2.13. The molecule has 14 heavy (non-hydrogen) atoms. The Morgan fingerprint density at radius 2 is 2.07 bits per heavy atom. The summed E-state index contributed by atoms with van der Waals surface area (Å²) in [5, 5.41) is 0.850. The molecule has 0 radical (unpaired) electrons. The van der Waals surface area contributed by atoms with Gasteiger partial charge >= 0.3 is 0 Å². The molecule has 2 N–H and O–H groups in total. The Balaban J connectivity index is 2.92. The lowest BCUT2D eigenvalue weighted by Gasteiger charge is -2.18. The molecule has 1 unspecified atom stereocenters. The van der Waals surface area contributed by atoms with E-state index in [1.165, 1.54) is 6.92 Å². The minimum absolute atomic E-state index is 0.0319. The molecule has 4 heteroatoms. The summed E-state index contributed by atoms with van der Waals surface area (Å²) in [5.74, 6) is 0. The van der Waals surface area contributed by atoms with Crippen molar-refractivity contribution >= 4 is 23.2 Å². The molecule has 0 saturated carbocycles. The van der Waals surface area contributed by atoms with Crippen molar-refractivity contribution in [3.63, 3.8) is 0 Å². The maximum Gasteiger partial charge on any atom is 0.124 e. The van der Waals surface area contributed by atoms with Crippen molar-refractivity contribution in [1.82, 2.24) is 0 Å². The van der Waals surface area contributed by atoms with Gasteiger partial charge in [-0.25, -0.2) is 4.39 Å². The number of alkyl halides is 1. The molecule has 1 nitrogen and oxygen atoms in total. The largest absolute Gasteiger partial charge is 0.328 e. The summed E-state index contributed by atoms with van der Waals surface area (Å²) in [4.78, 5) is 0. The van der Waals surface area contributed by atoms with E-state index >= 15 is 0 Å². The maximum atomic E-state index is 13.6. The van der Waals surface area contributed by atoms with E-state index in [1.807, 2.05) is 0 Å². The Labute approximate surface area is 93.0 Å². The van der Waals surface area contributed by atoms with Gasteiger partial charge in [0.25, 0.3) is 0 Å². The van der Waals surface area contributed by atoms with E-state index in [4.69, 9.17) is 28.9 Å². The summed E-state index contributed by atoms with van der Waals surface area (Å²) in [6.45, 7) is 1.42. The van der Waals surface area contributed by atoms with Crippen molar-refractivity contribution in [2.45, 2.75) is 19.0 Å². The molecule has 1 aromatic rings. The Morgan fingerprint density at radius 3 is 2.64 bits per heavy atom. The molecule has 0 saturated heterocycles. The zero-order valence-corrected chi connectivity index (χ0v) is 9.37. The van der Waals surface area contributed by atoms with E-state index in [2.05, 4.69) is 0 Å². The predicted molar refractivity (Wildman–Crippen MR) is 58.7 cm³/mol. The topological polar surface area (TPSA) is 26.0 Å². The van der Waals surface area contributed by atoms with Crippen LogP contribution in [0.1, 0.15) is 12.5 Å². The molecule has 1 atom stereocenters. The van der Waals surface area contributed by atoms with Crippen LogP contribution in [0.3, 0.4) is 0 Å². The van der Waals surface area contributed by atoms with Crippen LogP contribution in [0.2, 0.25) is 10.0 Å². The molecular weight excluding hydrogens is 224 g/mol. The van der Waals surface area contributed by atoms with Crippen molar-refractivity contribution in [1.29, 1.82) is 0 Å². The fourth-order valence-corrected chi connectivity index (χ4v) is 1.54. The minimum atomic E-state index is -1.44. The number of nitrogens with two attached hydrogens (primary N) is 1. The quantitative estimate of drug-likeness (QED) is 0.856. The third kappa shape index (κ3) is 2.84. The van der Waals surface area contributed by atoms with Crippen molar-refractivity contribution in [2.24, 2.45) is 5.73 Å². The van der Waals surface area contributed by atoms with Gasteiger partial charge in [0.1, 0.15) is 5.67 Å². The third-order valence-electron chi connectivity index (χ3n) is 2.02. The monoisotopic (exact) mass is 235 g/mol. The third-order valence-corrected chi connectivity index (χ3v) is 2.87. The molecule has 0 heterocycles. The lowest BCUT2D eigenvalue weighted by atomic mass is 9.98. The SMILES string of the molecule is CC(F)(CN)Cc1cccc(Cl)c1Cl. The van der Waals surface area contributed by atoms with Gasteiger partial charge in [0.15, 0.2) is 0 Å². The number of rotatable bonds is 3. The van der Waals surface area contributed by atoms with Crippen LogP contribution in [0.25, 0.3) is 0 Å². The van der Waals surface area contributed by atoms with E-state index in [-0.39, 0.29) is 13.0 Å². The lowest BCUT2D eigenvalue weighted by Crippen LogP contribution is -2.31. The lowest BCUT2D eigenvalue weighted by molar-refractivity contribution is 0.200. The van der Waals surface area contributed by atoms with Crippen molar-refractivity contribution in [3.8, 4) is 0 Å². The molecule has 0 aliphatic heterocycles. The number of halogens is 3. The summed E-state index contributed by atoms with van der Waals surface area (Å²) in [7, 11) is 0. The second kappa shape index (κ2) is 4.47. The molecular formula is C10H12Cl2FN. The predicted octanol–water partition coefficient (Wildman–Crippen LogP) is 3.22. The van der Waals surface area contributed by atoms with Crippen LogP contribution in [0.5, 0.6) is 0 Å². The highest BCUT2D eigenvalue weighted by molar-refractivity contribution is 6.42. The standard InChI is InChI=1S/C10H12Cl2FN/c1-10(13,6-14)5-7-3-2-4-8(11)9(7)12/h2-4H,5-6,14H2,1H3.